The standard InChI is InChI=1S/C14H16N4O/c1-9-16-14(19-17-9)12-3-2-6-15-13(12)18-8-10-4-5-11(18)7-10/h2-3,6,10-11H,4-5,7-8H2,1H3/t10-,11-/m0/s1. The molecule has 4 rings (SSSR count). The molecular formula is C14H16N4O. The van der Waals surface area contributed by atoms with E-state index in [9.17, 15) is 0 Å². The summed E-state index contributed by atoms with van der Waals surface area (Å²) in [7, 11) is 0. The van der Waals surface area contributed by atoms with Gasteiger partial charge in [-0.15, -0.1) is 0 Å². The maximum atomic E-state index is 5.30. The number of piperidine rings is 1. The topological polar surface area (TPSA) is 55.1 Å². The van der Waals surface area contributed by atoms with Crippen LogP contribution in [-0.4, -0.2) is 27.7 Å². The molecule has 2 fully saturated rings. The zero-order chi connectivity index (χ0) is 12.8. The van der Waals surface area contributed by atoms with E-state index in [0.717, 1.165) is 23.8 Å². The first-order chi connectivity index (χ1) is 9.31. The Labute approximate surface area is 111 Å². The van der Waals surface area contributed by atoms with E-state index >= 15 is 0 Å². The molecule has 3 heterocycles. The van der Waals surface area contributed by atoms with Gasteiger partial charge in [0.05, 0.1) is 5.56 Å². The lowest BCUT2D eigenvalue weighted by atomic mass is 10.1. The molecule has 0 amide bonds. The van der Waals surface area contributed by atoms with Crippen molar-refractivity contribution >= 4 is 5.82 Å². The molecule has 1 saturated carbocycles. The Hall–Kier alpha value is -1.91. The summed E-state index contributed by atoms with van der Waals surface area (Å²) in [5.74, 6) is 3.07. The molecule has 2 bridgehead atoms. The maximum Gasteiger partial charge on any atom is 0.261 e. The molecule has 2 aromatic heterocycles. The van der Waals surface area contributed by atoms with Crippen molar-refractivity contribution in [2.75, 3.05) is 11.4 Å². The molecule has 0 unspecified atom stereocenters. The summed E-state index contributed by atoms with van der Waals surface area (Å²) in [6.45, 7) is 2.95. The lowest BCUT2D eigenvalue weighted by Crippen LogP contribution is -2.32. The van der Waals surface area contributed by atoms with Crippen LogP contribution in [0.4, 0.5) is 5.82 Å². The fourth-order valence-electron chi connectivity index (χ4n) is 3.38. The Balaban J connectivity index is 1.76. The van der Waals surface area contributed by atoms with Crippen molar-refractivity contribution in [3.63, 3.8) is 0 Å². The van der Waals surface area contributed by atoms with Crippen molar-refractivity contribution in [2.45, 2.75) is 32.2 Å². The zero-order valence-electron chi connectivity index (χ0n) is 10.9. The smallest absolute Gasteiger partial charge is 0.261 e. The van der Waals surface area contributed by atoms with Gasteiger partial charge < -0.3 is 9.42 Å². The van der Waals surface area contributed by atoms with Crippen LogP contribution >= 0.6 is 0 Å². The van der Waals surface area contributed by atoms with Crippen molar-refractivity contribution in [1.82, 2.24) is 15.1 Å². The van der Waals surface area contributed by atoms with Gasteiger partial charge in [-0.3, -0.25) is 0 Å². The summed E-state index contributed by atoms with van der Waals surface area (Å²) in [5, 5.41) is 3.88. The minimum Gasteiger partial charge on any atom is -0.353 e. The van der Waals surface area contributed by atoms with Crippen LogP contribution in [0.1, 0.15) is 25.1 Å². The van der Waals surface area contributed by atoms with Gasteiger partial charge in [0.1, 0.15) is 5.82 Å². The molecule has 2 aliphatic rings. The van der Waals surface area contributed by atoms with Crippen LogP contribution in [0.3, 0.4) is 0 Å². The average molecular weight is 256 g/mol. The molecule has 2 atom stereocenters. The lowest BCUT2D eigenvalue weighted by Gasteiger charge is -2.29. The van der Waals surface area contributed by atoms with Gasteiger partial charge >= 0.3 is 0 Å². The summed E-state index contributed by atoms with van der Waals surface area (Å²) in [4.78, 5) is 11.3. The molecule has 1 aliphatic heterocycles. The number of hydrogen-bond acceptors (Lipinski definition) is 5. The fourth-order valence-corrected chi connectivity index (χ4v) is 3.38. The molecule has 5 nitrogen and oxygen atoms in total. The van der Waals surface area contributed by atoms with Crippen LogP contribution in [-0.2, 0) is 0 Å². The summed E-state index contributed by atoms with van der Waals surface area (Å²) < 4.78 is 5.30. The predicted octanol–water partition coefficient (Wildman–Crippen LogP) is 2.43. The summed E-state index contributed by atoms with van der Waals surface area (Å²) in [6, 6.07) is 4.58. The number of rotatable bonds is 2. The molecule has 1 aliphatic carbocycles. The highest BCUT2D eigenvalue weighted by atomic mass is 16.5. The molecule has 98 valence electrons. The van der Waals surface area contributed by atoms with Crippen molar-refractivity contribution in [2.24, 2.45) is 5.92 Å². The van der Waals surface area contributed by atoms with Gasteiger partial charge in [-0.1, -0.05) is 5.16 Å². The first kappa shape index (κ1) is 11.0. The Morgan fingerprint density at radius 3 is 3.00 bits per heavy atom. The minimum absolute atomic E-state index is 0.573. The second-order valence-corrected chi connectivity index (χ2v) is 5.51. The van der Waals surface area contributed by atoms with Gasteiger partial charge in [0.2, 0.25) is 0 Å². The molecule has 19 heavy (non-hydrogen) atoms. The van der Waals surface area contributed by atoms with Crippen molar-refractivity contribution in [3.05, 3.63) is 24.2 Å². The Kier molecular flexibility index (Phi) is 2.33. The van der Waals surface area contributed by atoms with Crippen molar-refractivity contribution < 1.29 is 4.52 Å². The molecule has 0 radical (unpaired) electrons. The van der Waals surface area contributed by atoms with Crippen LogP contribution in [0.15, 0.2) is 22.9 Å². The van der Waals surface area contributed by atoms with Crippen LogP contribution in [0.25, 0.3) is 11.5 Å². The first-order valence-corrected chi connectivity index (χ1v) is 6.83. The maximum absolute atomic E-state index is 5.30. The van der Waals surface area contributed by atoms with Gasteiger partial charge in [-0.2, -0.15) is 4.98 Å². The van der Waals surface area contributed by atoms with Crippen LogP contribution < -0.4 is 4.90 Å². The number of nitrogens with zero attached hydrogens (tertiary/aromatic N) is 4. The highest BCUT2D eigenvalue weighted by Crippen LogP contribution is 2.42. The number of fused-ring (bicyclic) bond motifs is 2. The van der Waals surface area contributed by atoms with Crippen molar-refractivity contribution in [1.29, 1.82) is 0 Å². The quantitative estimate of drug-likeness (QED) is 0.826. The third-order valence-corrected chi connectivity index (χ3v) is 4.23. The molecular weight excluding hydrogens is 240 g/mol. The van der Waals surface area contributed by atoms with E-state index in [2.05, 4.69) is 20.0 Å². The van der Waals surface area contributed by atoms with Crippen LogP contribution in [0.5, 0.6) is 0 Å². The number of anilines is 1. The highest BCUT2D eigenvalue weighted by Gasteiger charge is 2.39. The number of aromatic nitrogens is 3. The third-order valence-electron chi connectivity index (χ3n) is 4.23. The van der Waals surface area contributed by atoms with E-state index in [1.54, 1.807) is 0 Å². The molecule has 0 spiro atoms. The van der Waals surface area contributed by atoms with E-state index in [1.165, 1.54) is 19.3 Å². The molecule has 1 saturated heterocycles. The second-order valence-electron chi connectivity index (χ2n) is 5.51. The van der Waals surface area contributed by atoms with Gasteiger partial charge in [0.25, 0.3) is 5.89 Å². The molecule has 2 aromatic rings. The highest BCUT2D eigenvalue weighted by molar-refractivity contribution is 5.70. The van der Waals surface area contributed by atoms with Gasteiger partial charge in [0.15, 0.2) is 5.82 Å². The van der Waals surface area contributed by atoms with Crippen LogP contribution in [0, 0.1) is 12.8 Å². The number of aryl methyl sites for hydroxylation is 1. The van der Waals surface area contributed by atoms with Crippen LogP contribution in [0.2, 0.25) is 0 Å². The number of hydrogen-bond donors (Lipinski definition) is 0. The van der Waals surface area contributed by atoms with E-state index in [4.69, 9.17) is 4.52 Å². The average Bonchev–Trinajstić information content (AvgIpc) is 3.14. The van der Waals surface area contributed by atoms with Gasteiger partial charge in [0, 0.05) is 18.8 Å². The fraction of sp³-hybridized carbons (Fsp3) is 0.500. The number of pyridine rings is 1. The molecule has 5 heteroatoms. The van der Waals surface area contributed by atoms with E-state index < -0.39 is 0 Å². The van der Waals surface area contributed by atoms with E-state index in [-0.39, 0.29) is 0 Å². The molecule has 0 aromatic carbocycles. The Morgan fingerprint density at radius 1 is 1.37 bits per heavy atom. The van der Waals surface area contributed by atoms with E-state index in [0.29, 0.717) is 17.8 Å². The normalized spacial score (nSPS) is 25.2. The monoisotopic (exact) mass is 256 g/mol. The second kappa shape index (κ2) is 4.05. The largest absolute Gasteiger partial charge is 0.353 e. The first-order valence-electron chi connectivity index (χ1n) is 6.83. The Bertz CT molecular complexity index is 609. The third kappa shape index (κ3) is 1.72. The Morgan fingerprint density at radius 2 is 2.32 bits per heavy atom. The van der Waals surface area contributed by atoms with Crippen molar-refractivity contribution in [3.8, 4) is 11.5 Å². The summed E-state index contributed by atoms with van der Waals surface area (Å²) in [5.41, 5.74) is 0.954. The van der Waals surface area contributed by atoms with Gasteiger partial charge in [-0.25, -0.2) is 4.98 Å². The minimum atomic E-state index is 0.573. The summed E-state index contributed by atoms with van der Waals surface area (Å²) in [6.07, 6.45) is 5.79. The molecule has 0 N–H and O–H groups in total. The summed E-state index contributed by atoms with van der Waals surface area (Å²) >= 11 is 0. The zero-order valence-corrected chi connectivity index (χ0v) is 10.9. The van der Waals surface area contributed by atoms with Gasteiger partial charge in [-0.05, 0) is 44.2 Å². The van der Waals surface area contributed by atoms with E-state index in [1.807, 2.05) is 25.3 Å². The lowest BCUT2D eigenvalue weighted by molar-refractivity contribution is 0.425. The SMILES string of the molecule is Cc1noc(-c2cccnc2N2C[C@H]3CC[C@H]2C3)n1. The predicted molar refractivity (Wildman–Crippen MR) is 70.7 cm³/mol.